The minimum atomic E-state index is -0.154. The molecule has 0 aliphatic rings. The molecule has 0 aliphatic heterocycles. The highest BCUT2D eigenvalue weighted by atomic mass is 32.1. The molecule has 7 heteroatoms. The van der Waals surface area contributed by atoms with Crippen molar-refractivity contribution in [1.82, 2.24) is 20.2 Å². The van der Waals surface area contributed by atoms with Crippen LogP contribution < -0.4 is 10.5 Å². The van der Waals surface area contributed by atoms with E-state index in [2.05, 4.69) is 15.4 Å². The third-order valence-electron chi connectivity index (χ3n) is 2.17. The van der Waals surface area contributed by atoms with E-state index >= 15 is 0 Å². The standard InChI is InChI=1S/C9H13N5OS/c1-14-12-8(11-13-14)5-6(10)9-7(15-2)3-4-16-9/h3-4,6H,5,10H2,1-2H3. The molecular formula is C9H13N5OS. The lowest BCUT2D eigenvalue weighted by Gasteiger charge is -2.09. The van der Waals surface area contributed by atoms with Gasteiger partial charge in [-0.2, -0.15) is 4.80 Å². The third kappa shape index (κ3) is 2.20. The second kappa shape index (κ2) is 4.58. The molecule has 86 valence electrons. The summed E-state index contributed by atoms with van der Waals surface area (Å²) in [7, 11) is 3.37. The molecule has 16 heavy (non-hydrogen) atoms. The first-order valence-electron chi connectivity index (χ1n) is 4.80. The van der Waals surface area contributed by atoms with Crippen LogP contribution in [0.3, 0.4) is 0 Å². The van der Waals surface area contributed by atoms with Crippen molar-refractivity contribution in [3.05, 3.63) is 22.1 Å². The van der Waals surface area contributed by atoms with Crippen LogP contribution in [0.25, 0.3) is 0 Å². The van der Waals surface area contributed by atoms with Crippen LogP contribution in [0.1, 0.15) is 16.7 Å². The summed E-state index contributed by atoms with van der Waals surface area (Å²) in [6, 6.07) is 1.75. The van der Waals surface area contributed by atoms with E-state index in [-0.39, 0.29) is 6.04 Å². The van der Waals surface area contributed by atoms with Gasteiger partial charge in [0.05, 0.1) is 19.0 Å². The average Bonchev–Trinajstić information content (AvgIpc) is 2.86. The Kier molecular flexibility index (Phi) is 3.16. The molecule has 0 saturated carbocycles. The minimum absolute atomic E-state index is 0.154. The van der Waals surface area contributed by atoms with Gasteiger partial charge in [-0.1, -0.05) is 0 Å². The molecule has 6 nitrogen and oxygen atoms in total. The van der Waals surface area contributed by atoms with Gasteiger partial charge in [-0.25, -0.2) is 0 Å². The Morgan fingerprint density at radius 3 is 3.06 bits per heavy atom. The van der Waals surface area contributed by atoms with Crippen LogP contribution in [-0.4, -0.2) is 27.3 Å². The van der Waals surface area contributed by atoms with Crippen molar-refractivity contribution in [2.24, 2.45) is 12.8 Å². The highest BCUT2D eigenvalue weighted by Gasteiger charge is 2.16. The second-order valence-corrected chi connectivity index (χ2v) is 4.31. The predicted octanol–water partition coefficient (Wildman–Crippen LogP) is 0.523. The molecular weight excluding hydrogens is 226 g/mol. The number of tetrazole rings is 1. The van der Waals surface area contributed by atoms with Crippen molar-refractivity contribution >= 4 is 11.3 Å². The molecule has 2 N–H and O–H groups in total. The SMILES string of the molecule is COc1ccsc1C(N)Cc1nnn(C)n1. The summed E-state index contributed by atoms with van der Waals surface area (Å²) in [5.74, 6) is 1.46. The van der Waals surface area contributed by atoms with E-state index in [1.165, 1.54) is 4.80 Å². The third-order valence-corrected chi connectivity index (χ3v) is 3.20. The highest BCUT2D eigenvalue weighted by Crippen LogP contribution is 2.30. The molecule has 1 atom stereocenters. The summed E-state index contributed by atoms with van der Waals surface area (Å²) in [6.07, 6.45) is 0.560. The van der Waals surface area contributed by atoms with E-state index < -0.39 is 0 Å². The Labute approximate surface area is 97.0 Å². The number of ether oxygens (including phenoxy) is 1. The van der Waals surface area contributed by atoms with Gasteiger partial charge in [-0.15, -0.1) is 21.5 Å². The van der Waals surface area contributed by atoms with Crippen molar-refractivity contribution in [1.29, 1.82) is 0 Å². The lowest BCUT2D eigenvalue weighted by Crippen LogP contribution is -2.13. The number of thiophene rings is 1. The zero-order valence-corrected chi connectivity index (χ0v) is 9.94. The van der Waals surface area contributed by atoms with Gasteiger partial charge in [0.15, 0.2) is 5.82 Å². The van der Waals surface area contributed by atoms with Crippen LogP contribution in [0.4, 0.5) is 0 Å². The number of hydrogen-bond donors (Lipinski definition) is 1. The van der Waals surface area contributed by atoms with Crippen LogP contribution in [0, 0.1) is 0 Å². The summed E-state index contributed by atoms with van der Waals surface area (Å²) >= 11 is 1.58. The first-order chi connectivity index (χ1) is 7.70. The summed E-state index contributed by atoms with van der Waals surface area (Å²) in [4.78, 5) is 2.43. The van der Waals surface area contributed by atoms with Crippen molar-refractivity contribution in [3.63, 3.8) is 0 Å². The quantitative estimate of drug-likeness (QED) is 0.841. The Morgan fingerprint density at radius 1 is 1.62 bits per heavy atom. The first kappa shape index (κ1) is 11.0. The van der Waals surface area contributed by atoms with Gasteiger partial charge < -0.3 is 10.5 Å². The predicted molar refractivity (Wildman–Crippen MR) is 60.3 cm³/mol. The van der Waals surface area contributed by atoms with Gasteiger partial charge >= 0.3 is 0 Å². The number of aromatic nitrogens is 4. The Morgan fingerprint density at radius 2 is 2.44 bits per heavy atom. The van der Waals surface area contributed by atoms with E-state index in [0.717, 1.165) is 10.6 Å². The van der Waals surface area contributed by atoms with Gasteiger partial charge in [-0.3, -0.25) is 0 Å². The Hall–Kier alpha value is -1.47. The van der Waals surface area contributed by atoms with Gasteiger partial charge in [0, 0.05) is 12.5 Å². The van der Waals surface area contributed by atoms with Crippen LogP contribution in [0.15, 0.2) is 11.4 Å². The summed E-state index contributed by atoms with van der Waals surface area (Å²) < 4.78 is 5.22. The van der Waals surface area contributed by atoms with E-state index in [1.54, 1.807) is 25.5 Å². The van der Waals surface area contributed by atoms with Crippen LogP contribution in [0.2, 0.25) is 0 Å². The molecule has 1 unspecified atom stereocenters. The number of methoxy groups -OCH3 is 1. The van der Waals surface area contributed by atoms with Crippen molar-refractivity contribution in [3.8, 4) is 5.75 Å². The fourth-order valence-electron chi connectivity index (χ4n) is 1.44. The molecule has 0 amide bonds. The van der Waals surface area contributed by atoms with Crippen LogP contribution in [0.5, 0.6) is 5.75 Å². The van der Waals surface area contributed by atoms with Gasteiger partial charge in [0.1, 0.15) is 5.75 Å². The highest BCUT2D eigenvalue weighted by molar-refractivity contribution is 7.10. The van der Waals surface area contributed by atoms with E-state index in [9.17, 15) is 0 Å². The van der Waals surface area contributed by atoms with Gasteiger partial charge in [0.2, 0.25) is 0 Å². The minimum Gasteiger partial charge on any atom is -0.496 e. The lowest BCUT2D eigenvalue weighted by atomic mass is 10.1. The summed E-state index contributed by atoms with van der Waals surface area (Å²) in [6.45, 7) is 0. The van der Waals surface area contributed by atoms with E-state index in [4.69, 9.17) is 10.5 Å². The molecule has 0 fully saturated rings. The number of nitrogens with two attached hydrogens (primary N) is 1. The second-order valence-electron chi connectivity index (χ2n) is 3.36. The molecule has 2 heterocycles. The molecule has 0 saturated heterocycles. The Bertz CT molecular complexity index is 466. The molecule has 0 aromatic carbocycles. The zero-order valence-electron chi connectivity index (χ0n) is 9.12. The molecule has 2 aromatic rings. The summed E-state index contributed by atoms with van der Waals surface area (Å²) in [5, 5.41) is 13.7. The maximum absolute atomic E-state index is 6.07. The maximum Gasteiger partial charge on any atom is 0.176 e. The average molecular weight is 239 g/mol. The van der Waals surface area contributed by atoms with E-state index in [0.29, 0.717) is 12.2 Å². The monoisotopic (exact) mass is 239 g/mol. The number of aryl methyl sites for hydroxylation is 1. The van der Waals surface area contributed by atoms with Crippen molar-refractivity contribution in [2.75, 3.05) is 7.11 Å². The fraction of sp³-hybridized carbons (Fsp3) is 0.444. The first-order valence-corrected chi connectivity index (χ1v) is 5.68. The zero-order chi connectivity index (χ0) is 11.5. The van der Waals surface area contributed by atoms with Gasteiger partial charge in [0.25, 0.3) is 0 Å². The van der Waals surface area contributed by atoms with Crippen molar-refractivity contribution in [2.45, 2.75) is 12.5 Å². The largest absolute Gasteiger partial charge is 0.496 e. The molecule has 2 rings (SSSR count). The molecule has 0 radical (unpaired) electrons. The number of nitrogens with zero attached hydrogens (tertiary/aromatic N) is 4. The fourth-order valence-corrected chi connectivity index (χ4v) is 2.31. The van der Waals surface area contributed by atoms with Crippen LogP contribution >= 0.6 is 11.3 Å². The smallest absolute Gasteiger partial charge is 0.176 e. The van der Waals surface area contributed by atoms with Crippen LogP contribution in [-0.2, 0) is 13.5 Å². The van der Waals surface area contributed by atoms with Crippen molar-refractivity contribution < 1.29 is 4.74 Å². The normalized spacial score (nSPS) is 12.7. The van der Waals surface area contributed by atoms with Gasteiger partial charge in [-0.05, 0) is 16.7 Å². The topological polar surface area (TPSA) is 78.9 Å². The molecule has 0 bridgehead atoms. The number of rotatable bonds is 4. The molecule has 0 aliphatic carbocycles. The summed E-state index contributed by atoms with van der Waals surface area (Å²) in [5.41, 5.74) is 6.07. The maximum atomic E-state index is 6.07. The molecule has 0 spiro atoms. The number of hydrogen-bond acceptors (Lipinski definition) is 6. The van der Waals surface area contributed by atoms with E-state index in [1.807, 2.05) is 11.4 Å². The molecule has 2 aromatic heterocycles. The lowest BCUT2D eigenvalue weighted by molar-refractivity contribution is 0.408. The Balaban J connectivity index is 2.11.